The molecule has 8 nitrogen and oxygen atoms in total. The van der Waals surface area contributed by atoms with Gasteiger partial charge in [0.1, 0.15) is 0 Å². The van der Waals surface area contributed by atoms with Crippen LogP contribution in [-0.2, 0) is 11.8 Å². The maximum absolute atomic E-state index is 12.3. The molecule has 1 fully saturated rings. The Morgan fingerprint density at radius 3 is 2.67 bits per heavy atom. The zero-order chi connectivity index (χ0) is 17.7. The topological polar surface area (TPSA) is 79.7 Å². The number of hydrogen-bond acceptors (Lipinski definition) is 5. The van der Waals surface area contributed by atoms with Gasteiger partial charge in [0.15, 0.2) is 5.82 Å². The summed E-state index contributed by atoms with van der Waals surface area (Å²) in [6.45, 7) is 9.22. The van der Waals surface area contributed by atoms with E-state index in [-0.39, 0.29) is 17.0 Å². The Morgan fingerprint density at radius 1 is 1.38 bits per heavy atom. The van der Waals surface area contributed by atoms with Crippen molar-refractivity contribution in [1.82, 2.24) is 19.6 Å². The highest BCUT2D eigenvalue weighted by atomic mass is 16.5. The monoisotopic (exact) mass is 337 g/mol. The lowest BCUT2D eigenvalue weighted by molar-refractivity contribution is 0.0182. The second-order valence-corrected chi connectivity index (χ2v) is 7.02. The number of aromatic nitrogens is 2. The van der Waals surface area contributed by atoms with Gasteiger partial charge in [0.05, 0.1) is 13.2 Å². The molecule has 0 aromatic carbocycles. The van der Waals surface area contributed by atoms with Crippen molar-refractivity contribution in [2.24, 2.45) is 12.5 Å². The number of carbonyl (C=O) groups excluding carboxylic acids is 1. The summed E-state index contributed by atoms with van der Waals surface area (Å²) in [5, 5.41) is 6.73. The number of morpholine rings is 1. The number of amides is 2. The minimum Gasteiger partial charge on any atom is -0.379 e. The first kappa shape index (κ1) is 18.4. The van der Waals surface area contributed by atoms with Gasteiger partial charge in [-0.2, -0.15) is 5.10 Å². The number of urea groups is 1. The van der Waals surface area contributed by atoms with E-state index >= 15 is 0 Å². The van der Waals surface area contributed by atoms with Crippen LogP contribution in [-0.4, -0.2) is 72.1 Å². The Bertz CT molecular complexity index is 622. The standard InChI is InChI=1S/C16H27N5O3/c1-16(2,12-21-7-9-24-10-8-21)11-19(3)15(23)17-13-5-6-14(22)20(4)18-13/h5-6H,7-12H2,1-4H3,(H,17,18,23). The molecule has 1 N–H and O–H groups in total. The van der Waals surface area contributed by atoms with E-state index < -0.39 is 0 Å². The molecule has 1 aromatic rings. The third-order valence-electron chi connectivity index (χ3n) is 3.96. The molecule has 2 heterocycles. The van der Waals surface area contributed by atoms with E-state index in [1.165, 1.54) is 16.8 Å². The highest BCUT2D eigenvalue weighted by Gasteiger charge is 2.26. The largest absolute Gasteiger partial charge is 0.379 e. The molecule has 0 spiro atoms. The van der Waals surface area contributed by atoms with Crippen molar-refractivity contribution < 1.29 is 9.53 Å². The number of aryl methyl sites for hydroxylation is 1. The Kier molecular flexibility index (Phi) is 5.95. The van der Waals surface area contributed by atoms with E-state index in [2.05, 4.69) is 29.2 Å². The molecule has 0 radical (unpaired) electrons. The van der Waals surface area contributed by atoms with Crippen LogP contribution in [0.2, 0.25) is 0 Å². The van der Waals surface area contributed by atoms with Gasteiger partial charge in [0.25, 0.3) is 5.56 Å². The van der Waals surface area contributed by atoms with E-state index in [1.807, 2.05) is 0 Å². The molecule has 0 saturated carbocycles. The average molecular weight is 337 g/mol. The molecule has 24 heavy (non-hydrogen) atoms. The Labute approximate surface area is 142 Å². The number of nitrogens with one attached hydrogen (secondary N) is 1. The zero-order valence-electron chi connectivity index (χ0n) is 14.9. The SMILES string of the molecule is CN(CC(C)(C)CN1CCOCC1)C(=O)Nc1ccc(=O)n(C)n1. The molecule has 8 heteroatoms. The average Bonchev–Trinajstić information content (AvgIpc) is 2.51. The fourth-order valence-electron chi connectivity index (χ4n) is 2.90. The molecule has 0 aliphatic carbocycles. The minimum absolute atomic E-state index is 0.0413. The third-order valence-corrected chi connectivity index (χ3v) is 3.96. The van der Waals surface area contributed by atoms with Gasteiger partial charge in [-0.05, 0) is 11.5 Å². The number of nitrogens with zero attached hydrogens (tertiary/aromatic N) is 4. The molecule has 0 atom stereocenters. The van der Waals surface area contributed by atoms with Crippen molar-refractivity contribution in [1.29, 1.82) is 0 Å². The Balaban J connectivity index is 1.89. The maximum atomic E-state index is 12.3. The normalized spacial score (nSPS) is 16.0. The molecule has 0 bridgehead atoms. The molecular weight excluding hydrogens is 310 g/mol. The van der Waals surface area contributed by atoms with Gasteiger partial charge in [-0.3, -0.25) is 15.0 Å². The first-order valence-corrected chi connectivity index (χ1v) is 8.13. The zero-order valence-corrected chi connectivity index (χ0v) is 14.9. The van der Waals surface area contributed by atoms with Crippen molar-refractivity contribution in [3.8, 4) is 0 Å². The summed E-state index contributed by atoms with van der Waals surface area (Å²) >= 11 is 0. The summed E-state index contributed by atoms with van der Waals surface area (Å²) in [7, 11) is 3.31. The van der Waals surface area contributed by atoms with Gasteiger partial charge >= 0.3 is 6.03 Å². The highest BCUT2D eigenvalue weighted by Crippen LogP contribution is 2.19. The number of hydrogen-bond donors (Lipinski definition) is 1. The molecule has 1 aliphatic heterocycles. The summed E-state index contributed by atoms with van der Waals surface area (Å²) in [4.78, 5) is 27.7. The highest BCUT2D eigenvalue weighted by molar-refractivity contribution is 5.87. The fraction of sp³-hybridized carbons (Fsp3) is 0.688. The van der Waals surface area contributed by atoms with Crippen molar-refractivity contribution in [2.45, 2.75) is 13.8 Å². The Hall–Kier alpha value is -1.93. The Morgan fingerprint density at radius 2 is 2.04 bits per heavy atom. The molecule has 134 valence electrons. The predicted molar refractivity (Wildman–Crippen MR) is 92.2 cm³/mol. The number of rotatable bonds is 5. The van der Waals surface area contributed by atoms with Gasteiger partial charge in [-0.1, -0.05) is 13.8 Å². The quantitative estimate of drug-likeness (QED) is 0.851. The molecule has 1 aliphatic rings. The molecular formula is C16H27N5O3. The summed E-state index contributed by atoms with van der Waals surface area (Å²) in [6.07, 6.45) is 0. The van der Waals surface area contributed by atoms with Crippen LogP contribution in [0.15, 0.2) is 16.9 Å². The molecule has 2 amide bonds. The van der Waals surface area contributed by atoms with Crippen molar-refractivity contribution >= 4 is 11.8 Å². The maximum Gasteiger partial charge on any atom is 0.322 e. The van der Waals surface area contributed by atoms with E-state index in [0.717, 1.165) is 32.8 Å². The predicted octanol–water partition coefficient (Wildman–Crippen LogP) is 0.602. The number of carbonyl (C=O) groups is 1. The lowest BCUT2D eigenvalue weighted by atomic mass is 9.92. The van der Waals surface area contributed by atoms with E-state index in [9.17, 15) is 9.59 Å². The first-order chi connectivity index (χ1) is 11.3. The molecule has 2 rings (SSSR count). The van der Waals surface area contributed by atoms with Crippen LogP contribution in [0.1, 0.15) is 13.8 Å². The molecule has 1 aromatic heterocycles. The van der Waals surface area contributed by atoms with Gasteiger partial charge in [0.2, 0.25) is 0 Å². The van der Waals surface area contributed by atoms with E-state index in [0.29, 0.717) is 12.4 Å². The second kappa shape index (κ2) is 7.76. The van der Waals surface area contributed by atoms with Crippen molar-refractivity contribution in [2.75, 3.05) is 51.8 Å². The summed E-state index contributed by atoms with van der Waals surface area (Å²) in [6, 6.07) is 2.65. The first-order valence-electron chi connectivity index (χ1n) is 8.13. The summed E-state index contributed by atoms with van der Waals surface area (Å²) < 4.78 is 6.56. The van der Waals surface area contributed by atoms with Crippen LogP contribution in [0.25, 0.3) is 0 Å². The lowest BCUT2D eigenvalue weighted by Gasteiger charge is -2.37. The lowest BCUT2D eigenvalue weighted by Crippen LogP contribution is -2.47. The van der Waals surface area contributed by atoms with Gasteiger partial charge in [0, 0.05) is 46.3 Å². The third kappa shape index (κ3) is 5.31. The van der Waals surface area contributed by atoms with Crippen molar-refractivity contribution in [3.05, 3.63) is 22.5 Å². The van der Waals surface area contributed by atoms with Crippen LogP contribution >= 0.6 is 0 Å². The smallest absolute Gasteiger partial charge is 0.322 e. The van der Waals surface area contributed by atoms with Gasteiger partial charge in [-0.15, -0.1) is 0 Å². The summed E-state index contributed by atoms with van der Waals surface area (Å²) in [5.74, 6) is 0.361. The number of anilines is 1. The minimum atomic E-state index is -0.240. The van der Waals surface area contributed by atoms with E-state index in [4.69, 9.17) is 4.74 Å². The van der Waals surface area contributed by atoms with Gasteiger partial charge in [-0.25, -0.2) is 9.48 Å². The van der Waals surface area contributed by atoms with Crippen LogP contribution in [0.4, 0.5) is 10.6 Å². The number of ether oxygens (including phenoxy) is 1. The van der Waals surface area contributed by atoms with Crippen LogP contribution < -0.4 is 10.9 Å². The van der Waals surface area contributed by atoms with E-state index in [1.54, 1.807) is 19.0 Å². The fourth-order valence-corrected chi connectivity index (χ4v) is 2.90. The second-order valence-electron chi connectivity index (χ2n) is 7.02. The van der Waals surface area contributed by atoms with Crippen LogP contribution in [0.3, 0.4) is 0 Å². The van der Waals surface area contributed by atoms with Gasteiger partial charge < -0.3 is 9.64 Å². The summed E-state index contributed by atoms with van der Waals surface area (Å²) in [5.41, 5.74) is -0.256. The molecule has 1 saturated heterocycles. The molecule has 0 unspecified atom stereocenters. The van der Waals surface area contributed by atoms with Crippen molar-refractivity contribution in [3.63, 3.8) is 0 Å². The van der Waals surface area contributed by atoms with Crippen LogP contribution in [0.5, 0.6) is 0 Å². The van der Waals surface area contributed by atoms with Crippen LogP contribution in [0, 0.1) is 5.41 Å².